The number of thiocarbonyl (C=S) groups is 1. The molecule has 0 spiro atoms. The lowest BCUT2D eigenvalue weighted by molar-refractivity contribution is 1.08. The fraction of sp³-hybridized carbons (Fsp3) is 0.200. The second kappa shape index (κ2) is 5.80. The number of nitrogens with two attached hydrogens (primary N) is 1. The van der Waals surface area contributed by atoms with Crippen molar-refractivity contribution in [2.75, 3.05) is 5.32 Å². The van der Waals surface area contributed by atoms with Crippen molar-refractivity contribution in [3.63, 3.8) is 0 Å². The molecule has 98 valence electrons. The Balaban J connectivity index is 2.20. The summed E-state index contributed by atoms with van der Waals surface area (Å²) in [6.07, 6.45) is 3.67. The van der Waals surface area contributed by atoms with Crippen LogP contribution in [0.5, 0.6) is 0 Å². The van der Waals surface area contributed by atoms with Gasteiger partial charge in [0.15, 0.2) is 0 Å². The van der Waals surface area contributed by atoms with Gasteiger partial charge in [0.05, 0.1) is 0 Å². The summed E-state index contributed by atoms with van der Waals surface area (Å²) in [4.78, 5) is 4.55. The van der Waals surface area contributed by atoms with Gasteiger partial charge >= 0.3 is 0 Å². The number of benzene rings is 1. The van der Waals surface area contributed by atoms with Gasteiger partial charge in [0.1, 0.15) is 4.99 Å². The van der Waals surface area contributed by atoms with Gasteiger partial charge in [-0.25, -0.2) is 0 Å². The van der Waals surface area contributed by atoms with Crippen LogP contribution in [0.4, 0.5) is 5.69 Å². The number of nitrogens with zero attached hydrogens (tertiary/aromatic N) is 1. The van der Waals surface area contributed by atoms with Crippen LogP contribution in [0, 0.1) is 13.8 Å². The second-order valence-electron chi connectivity index (χ2n) is 4.57. The fourth-order valence-electron chi connectivity index (χ4n) is 1.89. The first kappa shape index (κ1) is 13.5. The first-order valence-corrected chi connectivity index (χ1v) is 6.52. The van der Waals surface area contributed by atoms with E-state index in [-0.39, 0.29) is 0 Å². The molecule has 0 aliphatic rings. The van der Waals surface area contributed by atoms with E-state index >= 15 is 0 Å². The highest BCUT2D eigenvalue weighted by Gasteiger charge is 2.06. The van der Waals surface area contributed by atoms with Gasteiger partial charge in [-0.2, -0.15) is 0 Å². The van der Waals surface area contributed by atoms with E-state index in [1.165, 1.54) is 5.56 Å². The van der Waals surface area contributed by atoms with Crippen molar-refractivity contribution in [1.82, 2.24) is 4.98 Å². The molecule has 3 nitrogen and oxygen atoms in total. The average Bonchev–Trinajstić information content (AvgIpc) is 2.38. The maximum absolute atomic E-state index is 5.76. The molecule has 4 heteroatoms. The smallest absolute Gasteiger partial charge is 0.106 e. The van der Waals surface area contributed by atoms with Crippen molar-refractivity contribution in [3.8, 4) is 0 Å². The van der Waals surface area contributed by atoms with Gasteiger partial charge in [0, 0.05) is 30.2 Å². The zero-order chi connectivity index (χ0) is 13.8. The van der Waals surface area contributed by atoms with Gasteiger partial charge < -0.3 is 11.1 Å². The molecule has 0 atom stereocenters. The third kappa shape index (κ3) is 3.29. The van der Waals surface area contributed by atoms with Crippen molar-refractivity contribution in [2.24, 2.45) is 5.73 Å². The summed E-state index contributed by atoms with van der Waals surface area (Å²) in [6, 6.07) is 8.05. The molecule has 3 N–H and O–H groups in total. The summed E-state index contributed by atoms with van der Waals surface area (Å²) < 4.78 is 0. The zero-order valence-corrected chi connectivity index (χ0v) is 11.9. The summed E-state index contributed by atoms with van der Waals surface area (Å²) in [5, 5.41) is 3.37. The Labute approximate surface area is 118 Å². The normalized spacial score (nSPS) is 10.2. The van der Waals surface area contributed by atoms with Crippen LogP contribution in [0.25, 0.3) is 0 Å². The third-order valence-electron chi connectivity index (χ3n) is 3.06. The molecule has 1 aromatic heterocycles. The van der Waals surface area contributed by atoms with Gasteiger partial charge in [-0.15, -0.1) is 0 Å². The number of hydrogen-bond acceptors (Lipinski definition) is 3. The van der Waals surface area contributed by atoms with Crippen LogP contribution >= 0.6 is 12.2 Å². The molecule has 19 heavy (non-hydrogen) atoms. The highest BCUT2D eigenvalue weighted by atomic mass is 32.1. The standard InChI is InChI=1S/C15H17N3S/c1-10-3-4-14(13(7-10)15(16)19)18-9-12-8-17-6-5-11(12)2/h3-8,18H,9H2,1-2H3,(H2,16,19). The van der Waals surface area contributed by atoms with Gasteiger partial charge in [-0.3, -0.25) is 4.98 Å². The highest BCUT2D eigenvalue weighted by molar-refractivity contribution is 7.80. The minimum absolute atomic E-state index is 0.411. The molecule has 0 aliphatic heterocycles. The quantitative estimate of drug-likeness (QED) is 0.839. The van der Waals surface area contributed by atoms with Crippen molar-refractivity contribution >= 4 is 22.9 Å². The number of nitrogens with one attached hydrogen (secondary N) is 1. The fourth-order valence-corrected chi connectivity index (χ4v) is 2.06. The second-order valence-corrected chi connectivity index (χ2v) is 5.01. The van der Waals surface area contributed by atoms with Gasteiger partial charge in [-0.05, 0) is 43.2 Å². The minimum Gasteiger partial charge on any atom is -0.389 e. The molecule has 0 saturated carbocycles. The van der Waals surface area contributed by atoms with Gasteiger partial charge in [0.2, 0.25) is 0 Å². The van der Waals surface area contributed by atoms with E-state index in [9.17, 15) is 0 Å². The van der Waals surface area contributed by atoms with Crippen LogP contribution in [0.15, 0.2) is 36.7 Å². The van der Waals surface area contributed by atoms with E-state index in [4.69, 9.17) is 18.0 Å². The molecule has 0 saturated heterocycles. The summed E-state index contributed by atoms with van der Waals surface area (Å²) in [5.41, 5.74) is 11.1. The van der Waals surface area contributed by atoms with Crippen LogP contribution in [0.2, 0.25) is 0 Å². The van der Waals surface area contributed by atoms with Crippen LogP contribution in [-0.2, 0) is 6.54 Å². The predicted octanol–water partition coefficient (Wildman–Crippen LogP) is 2.94. The van der Waals surface area contributed by atoms with Crippen molar-refractivity contribution in [3.05, 3.63) is 58.9 Å². The van der Waals surface area contributed by atoms with Crippen molar-refractivity contribution in [1.29, 1.82) is 0 Å². The van der Waals surface area contributed by atoms with Crippen LogP contribution in [0.1, 0.15) is 22.3 Å². The Kier molecular flexibility index (Phi) is 4.12. The van der Waals surface area contributed by atoms with E-state index in [2.05, 4.69) is 17.2 Å². The van der Waals surface area contributed by atoms with E-state index in [0.717, 1.165) is 22.4 Å². The molecule has 1 aromatic carbocycles. The molecular weight excluding hydrogens is 254 g/mol. The van der Waals surface area contributed by atoms with Crippen LogP contribution in [0.3, 0.4) is 0 Å². The maximum Gasteiger partial charge on any atom is 0.106 e. The van der Waals surface area contributed by atoms with Crippen LogP contribution < -0.4 is 11.1 Å². The maximum atomic E-state index is 5.76. The molecule has 0 bridgehead atoms. The minimum atomic E-state index is 0.411. The number of pyridine rings is 1. The number of aryl methyl sites for hydroxylation is 2. The first-order chi connectivity index (χ1) is 9.08. The van der Waals surface area contributed by atoms with E-state index in [1.807, 2.05) is 37.4 Å². The van der Waals surface area contributed by atoms with E-state index < -0.39 is 0 Å². The van der Waals surface area contributed by atoms with E-state index in [1.54, 1.807) is 6.20 Å². The molecule has 1 heterocycles. The Hall–Kier alpha value is -1.94. The van der Waals surface area contributed by atoms with Gasteiger partial charge in [-0.1, -0.05) is 23.8 Å². The topological polar surface area (TPSA) is 50.9 Å². The SMILES string of the molecule is Cc1ccc(NCc2cnccc2C)c(C(N)=S)c1. The lowest BCUT2D eigenvalue weighted by Crippen LogP contribution is -2.13. The third-order valence-corrected chi connectivity index (χ3v) is 3.28. The number of aromatic nitrogens is 1. The lowest BCUT2D eigenvalue weighted by Gasteiger charge is -2.13. The molecule has 0 radical (unpaired) electrons. The molecule has 0 fully saturated rings. The molecule has 2 rings (SSSR count). The van der Waals surface area contributed by atoms with Crippen molar-refractivity contribution < 1.29 is 0 Å². The monoisotopic (exact) mass is 271 g/mol. The molecule has 2 aromatic rings. The number of anilines is 1. The summed E-state index contributed by atoms with van der Waals surface area (Å²) in [7, 11) is 0. The lowest BCUT2D eigenvalue weighted by atomic mass is 10.1. The Morgan fingerprint density at radius 3 is 2.79 bits per heavy atom. The van der Waals surface area contributed by atoms with Crippen LogP contribution in [-0.4, -0.2) is 9.97 Å². The highest BCUT2D eigenvalue weighted by Crippen LogP contribution is 2.18. The summed E-state index contributed by atoms with van der Waals surface area (Å²) >= 11 is 5.09. The average molecular weight is 271 g/mol. The Morgan fingerprint density at radius 1 is 1.32 bits per heavy atom. The zero-order valence-electron chi connectivity index (χ0n) is 11.1. The first-order valence-electron chi connectivity index (χ1n) is 6.12. The Morgan fingerprint density at radius 2 is 2.11 bits per heavy atom. The van der Waals surface area contributed by atoms with Crippen molar-refractivity contribution in [2.45, 2.75) is 20.4 Å². The number of rotatable bonds is 4. The molecular formula is C15H17N3S. The summed E-state index contributed by atoms with van der Waals surface area (Å²) in [6.45, 7) is 4.80. The number of hydrogen-bond donors (Lipinski definition) is 2. The largest absolute Gasteiger partial charge is 0.389 e. The van der Waals surface area contributed by atoms with Gasteiger partial charge in [0.25, 0.3) is 0 Å². The predicted molar refractivity (Wildman–Crippen MR) is 83.4 cm³/mol. The Bertz CT molecular complexity index is 608. The molecule has 0 aliphatic carbocycles. The van der Waals surface area contributed by atoms with E-state index in [0.29, 0.717) is 11.5 Å². The summed E-state index contributed by atoms with van der Waals surface area (Å²) in [5.74, 6) is 0. The molecule has 0 unspecified atom stereocenters. The molecule has 0 amide bonds.